The molecule has 4 nitrogen and oxygen atoms in total. The first-order valence-corrected chi connectivity index (χ1v) is 12.0. The van der Waals surface area contributed by atoms with E-state index in [0.29, 0.717) is 44.0 Å². The number of carbonyl (C=O) groups is 1. The molecule has 1 amide bonds. The van der Waals surface area contributed by atoms with Crippen LogP contribution in [0.5, 0.6) is 0 Å². The van der Waals surface area contributed by atoms with Crippen LogP contribution in [0.25, 0.3) is 11.1 Å². The van der Waals surface area contributed by atoms with Crippen LogP contribution in [-0.4, -0.2) is 50.4 Å². The van der Waals surface area contributed by atoms with Gasteiger partial charge in [0, 0.05) is 43.7 Å². The summed E-state index contributed by atoms with van der Waals surface area (Å²) in [5, 5.41) is 0. The number of carbonyl (C=O) groups excluding carboxylic acids is 1. The van der Waals surface area contributed by atoms with Gasteiger partial charge in [0.2, 0.25) is 0 Å². The molecule has 1 fully saturated rings. The van der Waals surface area contributed by atoms with Crippen LogP contribution in [-0.2, 0) is 11.3 Å². The van der Waals surface area contributed by atoms with Gasteiger partial charge in [-0.3, -0.25) is 4.79 Å². The van der Waals surface area contributed by atoms with Crippen LogP contribution in [0, 0.1) is 11.6 Å². The van der Waals surface area contributed by atoms with Crippen molar-refractivity contribution < 1.29 is 18.3 Å². The number of amides is 1. The van der Waals surface area contributed by atoms with Crippen molar-refractivity contribution in [2.24, 2.45) is 0 Å². The lowest BCUT2D eigenvalue weighted by molar-refractivity contribution is 0.0747. The SMILES string of the molecule is COCc1ccc(N2CCN(C(=O)c3cc(SC)ccc3-c3ccc(F)cc3)CC2)c(F)c1. The number of rotatable bonds is 6. The van der Waals surface area contributed by atoms with E-state index >= 15 is 0 Å². The van der Waals surface area contributed by atoms with Crippen molar-refractivity contribution in [3.05, 3.63) is 83.4 Å². The first kappa shape index (κ1) is 23.3. The third-order valence-corrected chi connectivity index (χ3v) is 6.57. The molecule has 0 N–H and O–H groups in total. The highest BCUT2D eigenvalue weighted by Crippen LogP contribution is 2.30. The second kappa shape index (κ2) is 10.4. The highest BCUT2D eigenvalue weighted by molar-refractivity contribution is 7.98. The molecule has 1 saturated heterocycles. The second-order valence-electron chi connectivity index (χ2n) is 7.92. The summed E-state index contributed by atoms with van der Waals surface area (Å²) < 4.78 is 33.1. The lowest BCUT2D eigenvalue weighted by Gasteiger charge is -2.36. The maximum Gasteiger partial charge on any atom is 0.254 e. The number of hydrogen-bond donors (Lipinski definition) is 0. The van der Waals surface area contributed by atoms with Crippen molar-refractivity contribution in [3.63, 3.8) is 0 Å². The molecular formula is C26H26F2N2O2S. The predicted octanol–water partition coefficient (Wildman–Crippen LogP) is 5.46. The van der Waals surface area contributed by atoms with Crippen molar-refractivity contribution >= 4 is 23.4 Å². The fraction of sp³-hybridized carbons (Fsp3) is 0.269. The molecule has 1 heterocycles. The highest BCUT2D eigenvalue weighted by atomic mass is 32.2. The molecule has 3 aromatic rings. The van der Waals surface area contributed by atoms with Gasteiger partial charge >= 0.3 is 0 Å². The van der Waals surface area contributed by atoms with E-state index in [1.165, 1.54) is 18.2 Å². The second-order valence-corrected chi connectivity index (χ2v) is 8.80. The van der Waals surface area contributed by atoms with E-state index in [-0.39, 0.29) is 17.5 Å². The first-order chi connectivity index (χ1) is 16.0. The van der Waals surface area contributed by atoms with Gasteiger partial charge in [0.25, 0.3) is 5.91 Å². The summed E-state index contributed by atoms with van der Waals surface area (Å²) in [5.74, 6) is -0.664. The molecule has 1 aliphatic rings. The summed E-state index contributed by atoms with van der Waals surface area (Å²) in [6.07, 6.45) is 1.96. The highest BCUT2D eigenvalue weighted by Gasteiger charge is 2.26. The largest absolute Gasteiger partial charge is 0.380 e. The number of piperazine rings is 1. The van der Waals surface area contributed by atoms with E-state index in [1.54, 1.807) is 42.0 Å². The third-order valence-electron chi connectivity index (χ3n) is 5.84. The van der Waals surface area contributed by atoms with Crippen molar-refractivity contribution in [1.82, 2.24) is 4.90 Å². The van der Waals surface area contributed by atoms with Crippen molar-refractivity contribution in [2.45, 2.75) is 11.5 Å². The van der Waals surface area contributed by atoms with Gasteiger partial charge < -0.3 is 14.5 Å². The smallest absolute Gasteiger partial charge is 0.254 e. The molecule has 0 radical (unpaired) electrons. The maximum atomic E-state index is 14.6. The Morgan fingerprint density at radius 1 is 0.970 bits per heavy atom. The lowest BCUT2D eigenvalue weighted by Crippen LogP contribution is -2.49. The summed E-state index contributed by atoms with van der Waals surface area (Å²) in [5.41, 5.74) is 3.49. The molecule has 0 unspecified atom stereocenters. The Morgan fingerprint density at radius 3 is 2.33 bits per heavy atom. The van der Waals surface area contributed by atoms with Crippen molar-refractivity contribution in [3.8, 4) is 11.1 Å². The zero-order valence-electron chi connectivity index (χ0n) is 18.7. The standard InChI is InChI=1S/C26H26F2N2O2S/c1-32-17-18-3-10-25(24(28)15-18)29-11-13-30(14-12-29)26(31)23-16-21(33-2)8-9-22(23)19-4-6-20(27)7-5-19/h3-10,15-16H,11-14,17H2,1-2H3. The van der Waals surface area contributed by atoms with Crippen molar-refractivity contribution in [1.29, 1.82) is 0 Å². The fourth-order valence-electron chi connectivity index (χ4n) is 4.09. The summed E-state index contributed by atoms with van der Waals surface area (Å²) in [7, 11) is 1.58. The minimum atomic E-state index is -0.314. The van der Waals surface area contributed by atoms with Crippen LogP contribution in [0.2, 0.25) is 0 Å². The molecular weight excluding hydrogens is 442 g/mol. The Kier molecular flexibility index (Phi) is 7.30. The molecule has 3 aromatic carbocycles. The topological polar surface area (TPSA) is 32.8 Å². The Bertz CT molecular complexity index is 1130. The van der Waals surface area contributed by atoms with Crippen LogP contribution in [0.15, 0.2) is 65.6 Å². The Morgan fingerprint density at radius 2 is 1.70 bits per heavy atom. The van der Waals surface area contributed by atoms with E-state index in [2.05, 4.69) is 0 Å². The Hall–Kier alpha value is -2.90. The Balaban J connectivity index is 1.52. The van der Waals surface area contributed by atoms with E-state index in [9.17, 15) is 13.6 Å². The van der Waals surface area contributed by atoms with Crippen molar-refractivity contribution in [2.75, 3.05) is 44.4 Å². The number of methoxy groups -OCH3 is 1. The minimum Gasteiger partial charge on any atom is -0.380 e. The van der Waals surface area contributed by atoms with Gasteiger partial charge in [0.05, 0.1) is 12.3 Å². The average Bonchev–Trinajstić information content (AvgIpc) is 2.84. The molecule has 172 valence electrons. The zero-order chi connectivity index (χ0) is 23.4. The van der Waals surface area contributed by atoms with Crippen LogP contribution in [0.4, 0.5) is 14.5 Å². The average molecular weight is 469 g/mol. The number of ether oxygens (including phenoxy) is 1. The summed E-state index contributed by atoms with van der Waals surface area (Å²) in [6, 6.07) is 17.1. The molecule has 0 aromatic heterocycles. The molecule has 0 spiro atoms. The Labute approximate surface area is 197 Å². The molecule has 4 rings (SSSR count). The number of hydrogen-bond acceptors (Lipinski definition) is 4. The summed E-state index contributed by atoms with van der Waals surface area (Å²) >= 11 is 1.57. The molecule has 0 aliphatic carbocycles. The number of anilines is 1. The number of nitrogens with zero attached hydrogens (tertiary/aromatic N) is 2. The molecule has 33 heavy (non-hydrogen) atoms. The lowest BCUT2D eigenvalue weighted by atomic mass is 9.98. The van der Waals surface area contributed by atoms with Gasteiger partial charge in [-0.1, -0.05) is 24.3 Å². The van der Waals surface area contributed by atoms with Gasteiger partial charge in [0.15, 0.2) is 0 Å². The van der Waals surface area contributed by atoms with Crippen LogP contribution >= 0.6 is 11.8 Å². The van der Waals surface area contributed by atoms with Gasteiger partial charge in [-0.2, -0.15) is 0 Å². The van der Waals surface area contributed by atoms with E-state index in [1.807, 2.05) is 35.4 Å². The van der Waals surface area contributed by atoms with E-state index in [4.69, 9.17) is 4.74 Å². The zero-order valence-corrected chi connectivity index (χ0v) is 19.5. The van der Waals surface area contributed by atoms with Gasteiger partial charge in [-0.05, 0) is 59.3 Å². The number of halogens is 2. The van der Waals surface area contributed by atoms with Gasteiger partial charge in [-0.15, -0.1) is 11.8 Å². The fourth-order valence-corrected chi connectivity index (χ4v) is 4.53. The normalized spacial score (nSPS) is 13.9. The first-order valence-electron chi connectivity index (χ1n) is 10.8. The maximum absolute atomic E-state index is 14.6. The molecule has 0 saturated carbocycles. The molecule has 0 atom stereocenters. The van der Waals surface area contributed by atoms with Gasteiger partial charge in [0.1, 0.15) is 11.6 Å². The monoisotopic (exact) mass is 468 g/mol. The number of thioether (sulfide) groups is 1. The summed E-state index contributed by atoms with van der Waals surface area (Å²) in [6.45, 7) is 2.43. The third kappa shape index (κ3) is 5.20. The predicted molar refractivity (Wildman–Crippen MR) is 129 cm³/mol. The minimum absolute atomic E-state index is 0.0687. The molecule has 1 aliphatic heterocycles. The van der Waals surface area contributed by atoms with Crippen LogP contribution in [0.1, 0.15) is 15.9 Å². The molecule has 7 heteroatoms. The summed E-state index contributed by atoms with van der Waals surface area (Å²) in [4.78, 5) is 18.3. The van der Waals surface area contributed by atoms with Crippen LogP contribution in [0.3, 0.4) is 0 Å². The van der Waals surface area contributed by atoms with E-state index < -0.39 is 0 Å². The van der Waals surface area contributed by atoms with E-state index in [0.717, 1.165) is 21.6 Å². The van der Waals surface area contributed by atoms with Gasteiger partial charge in [-0.25, -0.2) is 8.78 Å². The molecule has 0 bridgehead atoms. The number of benzene rings is 3. The van der Waals surface area contributed by atoms with Crippen LogP contribution < -0.4 is 4.90 Å². The quantitative estimate of drug-likeness (QED) is 0.450.